The maximum Gasteiger partial charge on any atom is 0.228 e. The van der Waals surface area contributed by atoms with E-state index >= 15 is 0 Å². The number of nitrogens with zero attached hydrogens (tertiary/aromatic N) is 4. The lowest BCUT2D eigenvalue weighted by atomic mass is 9.82. The predicted molar refractivity (Wildman–Crippen MR) is 87.1 cm³/mol. The molecular formula is C17H21N5O. The molecule has 1 amide bonds. The number of pyridine rings is 1. The van der Waals surface area contributed by atoms with E-state index in [1.807, 2.05) is 43.8 Å². The molecule has 4 heterocycles. The van der Waals surface area contributed by atoms with Crippen LogP contribution in [0.2, 0.25) is 0 Å². The van der Waals surface area contributed by atoms with Crippen molar-refractivity contribution in [2.24, 2.45) is 7.05 Å². The molecule has 0 aliphatic carbocycles. The van der Waals surface area contributed by atoms with Crippen LogP contribution < -0.4 is 10.2 Å². The average Bonchev–Trinajstić information content (AvgIpc) is 3.13. The smallest absolute Gasteiger partial charge is 0.228 e. The third kappa shape index (κ3) is 2.58. The van der Waals surface area contributed by atoms with Crippen LogP contribution in [0.25, 0.3) is 0 Å². The van der Waals surface area contributed by atoms with E-state index in [-0.39, 0.29) is 17.4 Å². The fraction of sp³-hybridized carbons (Fsp3) is 0.471. The number of hydrogen-bond donors (Lipinski definition) is 1. The zero-order chi connectivity index (χ0) is 15.9. The molecule has 2 aromatic heterocycles. The van der Waals surface area contributed by atoms with E-state index in [0.717, 1.165) is 43.7 Å². The molecular weight excluding hydrogens is 290 g/mol. The highest BCUT2D eigenvalue weighted by atomic mass is 16.2. The molecule has 2 aliphatic rings. The Morgan fingerprint density at radius 3 is 2.78 bits per heavy atom. The van der Waals surface area contributed by atoms with E-state index in [1.54, 1.807) is 4.68 Å². The minimum Gasteiger partial charge on any atom is -0.356 e. The fourth-order valence-corrected chi connectivity index (χ4v) is 3.81. The van der Waals surface area contributed by atoms with Crippen molar-refractivity contribution in [1.29, 1.82) is 0 Å². The molecule has 0 aromatic carbocycles. The summed E-state index contributed by atoms with van der Waals surface area (Å²) in [5.74, 6) is 1.10. The molecule has 0 saturated carbocycles. The van der Waals surface area contributed by atoms with Crippen molar-refractivity contribution in [3.8, 4) is 0 Å². The highest BCUT2D eigenvalue weighted by Gasteiger charge is 2.46. The van der Waals surface area contributed by atoms with Crippen LogP contribution in [0.3, 0.4) is 0 Å². The Labute approximate surface area is 135 Å². The van der Waals surface area contributed by atoms with Gasteiger partial charge in [0.2, 0.25) is 5.91 Å². The van der Waals surface area contributed by atoms with Gasteiger partial charge in [0.25, 0.3) is 0 Å². The van der Waals surface area contributed by atoms with E-state index in [2.05, 4.69) is 20.3 Å². The lowest BCUT2D eigenvalue weighted by Crippen LogP contribution is -2.51. The van der Waals surface area contributed by atoms with Gasteiger partial charge in [0.05, 0.1) is 12.1 Å². The Bertz CT molecular complexity index is 703. The summed E-state index contributed by atoms with van der Waals surface area (Å²) in [6.07, 6.45) is 8.39. The van der Waals surface area contributed by atoms with Crippen LogP contribution in [0, 0.1) is 0 Å². The molecule has 6 nitrogen and oxygen atoms in total. The zero-order valence-corrected chi connectivity index (χ0v) is 13.3. The number of aromatic nitrogens is 3. The molecule has 23 heavy (non-hydrogen) atoms. The summed E-state index contributed by atoms with van der Waals surface area (Å²) in [5, 5.41) is 7.48. The molecule has 2 aliphatic heterocycles. The number of nitrogens with one attached hydrogen (secondary N) is 1. The molecule has 2 saturated heterocycles. The van der Waals surface area contributed by atoms with Crippen molar-refractivity contribution >= 4 is 11.7 Å². The first-order chi connectivity index (χ1) is 11.2. The van der Waals surface area contributed by atoms with E-state index in [9.17, 15) is 4.79 Å². The largest absolute Gasteiger partial charge is 0.356 e. The molecule has 2 fully saturated rings. The highest BCUT2D eigenvalue weighted by Crippen LogP contribution is 2.39. The maximum absolute atomic E-state index is 12.4. The van der Waals surface area contributed by atoms with Crippen LogP contribution in [-0.4, -0.2) is 39.3 Å². The predicted octanol–water partition coefficient (Wildman–Crippen LogP) is 1.46. The molecule has 120 valence electrons. The monoisotopic (exact) mass is 311 g/mol. The summed E-state index contributed by atoms with van der Waals surface area (Å²) >= 11 is 0. The molecule has 1 spiro atoms. The minimum atomic E-state index is -0.0666. The van der Waals surface area contributed by atoms with Crippen molar-refractivity contribution < 1.29 is 4.79 Å². The van der Waals surface area contributed by atoms with Gasteiger partial charge >= 0.3 is 0 Å². The summed E-state index contributed by atoms with van der Waals surface area (Å²) in [5.41, 5.74) is 0.956. The molecule has 0 bridgehead atoms. The molecule has 1 atom stereocenters. The normalized spacial score (nSPS) is 23.3. The standard InChI is InChI=1S/C17H21N5O/c1-21-12-13(11-19-21)14-10-17(20-16(14)23)5-8-22(9-6-17)15-4-2-3-7-18-15/h2-4,7,11-12,14H,5-6,8-10H2,1H3,(H,20,23). The third-order valence-electron chi connectivity index (χ3n) is 5.12. The van der Waals surface area contributed by atoms with Gasteiger partial charge in [-0.05, 0) is 31.4 Å². The Morgan fingerprint density at radius 1 is 1.30 bits per heavy atom. The number of hydrogen-bond acceptors (Lipinski definition) is 4. The Morgan fingerprint density at radius 2 is 2.13 bits per heavy atom. The van der Waals surface area contributed by atoms with Gasteiger partial charge in [-0.25, -0.2) is 4.98 Å². The molecule has 6 heteroatoms. The van der Waals surface area contributed by atoms with Crippen molar-refractivity contribution in [1.82, 2.24) is 20.1 Å². The van der Waals surface area contributed by atoms with Crippen LogP contribution in [-0.2, 0) is 11.8 Å². The lowest BCUT2D eigenvalue weighted by molar-refractivity contribution is -0.121. The summed E-state index contributed by atoms with van der Waals surface area (Å²) in [4.78, 5) is 19.2. The van der Waals surface area contributed by atoms with E-state index in [0.29, 0.717) is 0 Å². The fourth-order valence-electron chi connectivity index (χ4n) is 3.81. The number of carbonyl (C=O) groups is 1. The van der Waals surface area contributed by atoms with E-state index in [4.69, 9.17) is 0 Å². The van der Waals surface area contributed by atoms with Gasteiger partial charge in [-0.3, -0.25) is 9.48 Å². The molecule has 1 N–H and O–H groups in total. The van der Waals surface area contributed by atoms with E-state index < -0.39 is 0 Å². The third-order valence-corrected chi connectivity index (χ3v) is 5.12. The zero-order valence-electron chi connectivity index (χ0n) is 13.3. The number of rotatable bonds is 2. The average molecular weight is 311 g/mol. The highest BCUT2D eigenvalue weighted by molar-refractivity contribution is 5.87. The van der Waals surface area contributed by atoms with Gasteiger partial charge in [-0.1, -0.05) is 6.07 Å². The second kappa shape index (κ2) is 5.37. The molecule has 1 unspecified atom stereocenters. The number of anilines is 1. The van der Waals surface area contributed by atoms with Crippen LogP contribution in [0.15, 0.2) is 36.8 Å². The Hall–Kier alpha value is -2.37. The van der Waals surface area contributed by atoms with Crippen molar-refractivity contribution in [3.05, 3.63) is 42.4 Å². The Kier molecular flexibility index (Phi) is 3.32. The number of carbonyl (C=O) groups excluding carboxylic acids is 1. The van der Waals surface area contributed by atoms with Crippen molar-refractivity contribution in [3.63, 3.8) is 0 Å². The quantitative estimate of drug-likeness (QED) is 0.912. The second-order valence-corrected chi connectivity index (χ2v) is 6.65. The first kappa shape index (κ1) is 14.2. The first-order valence-corrected chi connectivity index (χ1v) is 8.12. The molecule has 2 aromatic rings. The SMILES string of the molecule is Cn1cc(C2CC3(CCN(c4ccccn4)CC3)NC2=O)cn1. The van der Waals surface area contributed by atoms with Gasteiger partial charge in [-0.2, -0.15) is 5.10 Å². The summed E-state index contributed by atoms with van der Waals surface area (Å²) < 4.78 is 1.76. The van der Waals surface area contributed by atoms with Crippen LogP contribution in [0.1, 0.15) is 30.7 Å². The summed E-state index contributed by atoms with van der Waals surface area (Å²) in [6.45, 7) is 1.86. The summed E-state index contributed by atoms with van der Waals surface area (Å²) in [7, 11) is 1.89. The van der Waals surface area contributed by atoms with Gasteiger partial charge in [0.15, 0.2) is 0 Å². The van der Waals surface area contributed by atoms with Gasteiger partial charge in [0, 0.05) is 43.6 Å². The molecule has 0 radical (unpaired) electrons. The second-order valence-electron chi connectivity index (χ2n) is 6.65. The van der Waals surface area contributed by atoms with Gasteiger partial charge < -0.3 is 10.2 Å². The topological polar surface area (TPSA) is 63.1 Å². The summed E-state index contributed by atoms with van der Waals surface area (Å²) in [6, 6.07) is 6.00. The van der Waals surface area contributed by atoms with Crippen molar-refractivity contribution in [2.75, 3.05) is 18.0 Å². The van der Waals surface area contributed by atoms with Crippen LogP contribution in [0.5, 0.6) is 0 Å². The number of amides is 1. The minimum absolute atomic E-state index is 0.0647. The van der Waals surface area contributed by atoms with Crippen LogP contribution in [0.4, 0.5) is 5.82 Å². The number of aryl methyl sites for hydroxylation is 1. The van der Waals surface area contributed by atoms with Crippen molar-refractivity contribution in [2.45, 2.75) is 30.7 Å². The lowest BCUT2D eigenvalue weighted by Gasteiger charge is -2.39. The number of piperidine rings is 1. The Balaban J connectivity index is 1.46. The van der Waals surface area contributed by atoms with Gasteiger partial charge in [0.1, 0.15) is 5.82 Å². The first-order valence-electron chi connectivity index (χ1n) is 8.12. The van der Waals surface area contributed by atoms with E-state index in [1.165, 1.54) is 0 Å². The molecule has 4 rings (SSSR count). The van der Waals surface area contributed by atoms with Crippen LogP contribution >= 0.6 is 0 Å². The van der Waals surface area contributed by atoms with Gasteiger partial charge in [-0.15, -0.1) is 0 Å². The maximum atomic E-state index is 12.4.